The molecule has 0 amide bonds. The SMILES string of the molecule is c1ccc(N(c2ccccc2)c2cccc3sc4c(N(c5ccc6c(c5)oc5ccccc56)c5ccc6oc7ccccc7c6c5)cccc4c23)cc1. The van der Waals surface area contributed by atoms with Crippen molar-refractivity contribution in [3.8, 4) is 0 Å². The van der Waals surface area contributed by atoms with Crippen molar-refractivity contribution in [1.82, 2.24) is 0 Å². The molecular weight excluding hydrogens is 669 g/mol. The van der Waals surface area contributed by atoms with Gasteiger partial charge >= 0.3 is 0 Å². The topological polar surface area (TPSA) is 32.8 Å². The first-order chi connectivity index (χ1) is 26.3. The van der Waals surface area contributed by atoms with Crippen molar-refractivity contribution in [1.29, 1.82) is 0 Å². The van der Waals surface area contributed by atoms with Crippen LogP contribution in [-0.4, -0.2) is 0 Å². The first kappa shape index (κ1) is 29.9. The summed E-state index contributed by atoms with van der Waals surface area (Å²) in [7, 11) is 0. The van der Waals surface area contributed by atoms with Gasteiger partial charge in [-0.05, 0) is 84.9 Å². The van der Waals surface area contributed by atoms with Crippen molar-refractivity contribution in [2.24, 2.45) is 0 Å². The number of hydrogen-bond acceptors (Lipinski definition) is 5. The maximum Gasteiger partial charge on any atom is 0.137 e. The third kappa shape index (κ3) is 4.75. The van der Waals surface area contributed by atoms with Crippen LogP contribution in [0.2, 0.25) is 0 Å². The van der Waals surface area contributed by atoms with Crippen LogP contribution in [0.1, 0.15) is 0 Å². The third-order valence-corrected chi connectivity index (χ3v) is 11.4. The van der Waals surface area contributed by atoms with Crippen LogP contribution in [0.3, 0.4) is 0 Å². The van der Waals surface area contributed by atoms with Crippen LogP contribution in [0, 0.1) is 0 Å². The summed E-state index contributed by atoms with van der Waals surface area (Å²) in [6.07, 6.45) is 0. The molecule has 250 valence electrons. The van der Waals surface area contributed by atoms with E-state index in [0.717, 1.165) is 78.0 Å². The van der Waals surface area contributed by atoms with Crippen LogP contribution in [0.5, 0.6) is 0 Å². The lowest BCUT2D eigenvalue weighted by Gasteiger charge is -2.27. The Kier molecular flexibility index (Phi) is 6.69. The van der Waals surface area contributed by atoms with Crippen molar-refractivity contribution in [3.63, 3.8) is 0 Å². The fourth-order valence-corrected chi connectivity index (χ4v) is 9.12. The Labute approximate surface area is 308 Å². The van der Waals surface area contributed by atoms with Gasteiger partial charge in [-0.25, -0.2) is 0 Å². The van der Waals surface area contributed by atoms with E-state index in [1.807, 2.05) is 35.6 Å². The summed E-state index contributed by atoms with van der Waals surface area (Å²) < 4.78 is 15.2. The van der Waals surface area contributed by atoms with Gasteiger partial charge in [0.05, 0.1) is 16.1 Å². The maximum absolute atomic E-state index is 6.45. The number of furan rings is 2. The molecule has 3 aromatic heterocycles. The molecule has 0 atom stereocenters. The van der Waals surface area contributed by atoms with E-state index < -0.39 is 0 Å². The minimum Gasteiger partial charge on any atom is -0.456 e. The standard InChI is InChI=1S/C48H30N2O2S/c1-3-13-31(14-4-1)49(32-15-5-2-6-16-32)40-20-12-24-46-47(40)38-19-11-21-41(48(38)53-46)50(33-26-28-44-39(29-33)36-18-8-10-23-43(36)51-44)34-25-27-37-35-17-7-9-22-42(35)52-45(37)30-34/h1-30H. The second-order valence-corrected chi connectivity index (χ2v) is 14.4. The Morgan fingerprint density at radius 1 is 0.340 bits per heavy atom. The van der Waals surface area contributed by atoms with Gasteiger partial charge in [0.2, 0.25) is 0 Å². The summed E-state index contributed by atoms with van der Waals surface area (Å²) in [5.41, 5.74) is 10.0. The molecule has 0 fully saturated rings. The average molecular weight is 699 g/mol. The molecule has 0 aliphatic rings. The number of para-hydroxylation sites is 4. The molecule has 0 radical (unpaired) electrons. The molecule has 0 bridgehead atoms. The first-order valence-electron chi connectivity index (χ1n) is 17.8. The van der Waals surface area contributed by atoms with Crippen molar-refractivity contribution >= 4 is 110 Å². The summed E-state index contributed by atoms with van der Waals surface area (Å²) in [5.74, 6) is 0. The number of rotatable bonds is 6. The van der Waals surface area contributed by atoms with E-state index in [4.69, 9.17) is 8.83 Å². The van der Waals surface area contributed by atoms with E-state index >= 15 is 0 Å². The van der Waals surface area contributed by atoms with Gasteiger partial charge in [0, 0.05) is 65.8 Å². The fourth-order valence-electron chi connectivity index (χ4n) is 7.89. The van der Waals surface area contributed by atoms with Gasteiger partial charge in [-0.15, -0.1) is 11.3 Å². The van der Waals surface area contributed by atoms with Crippen molar-refractivity contribution in [2.75, 3.05) is 9.80 Å². The van der Waals surface area contributed by atoms with E-state index in [9.17, 15) is 0 Å². The fraction of sp³-hybridized carbons (Fsp3) is 0. The number of benzene rings is 8. The predicted octanol–water partition coefficient (Wildman–Crippen LogP) is 14.8. The number of thiophene rings is 1. The molecule has 53 heavy (non-hydrogen) atoms. The summed E-state index contributed by atoms with van der Waals surface area (Å²) in [4.78, 5) is 4.74. The Morgan fingerprint density at radius 3 is 1.62 bits per heavy atom. The Balaban J connectivity index is 1.17. The highest BCUT2D eigenvalue weighted by molar-refractivity contribution is 7.26. The zero-order valence-corrected chi connectivity index (χ0v) is 29.3. The van der Waals surface area contributed by atoms with Gasteiger partial charge in [-0.2, -0.15) is 0 Å². The molecule has 3 heterocycles. The van der Waals surface area contributed by atoms with E-state index in [0.29, 0.717) is 0 Å². The third-order valence-electron chi connectivity index (χ3n) is 10.2. The number of hydrogen-bond donors (Lipinski definition) is 0. The van der Waals surface area contributed by atoms with Gasteiger partial charge in [0.15, 0.2) is 0 Å². The Hall–Kier alpha value is -6.82. The molecule has 0 aliphatic heterocycles. The van der Waals surface area contributed by atoms with Crippen LogP contribution in [0.25, 0.3) is 64.0 Å². The molecule has 0 saturated carbocycles. The highest BCUT2D eigenvalue weighted by Gasteiger charge is 2.23. The van der Waals surface area contributed by atoms with E-state index in [2.05, 4.69) is 168 Å². The molecule has 11 aromatic rings. The van der Waals surface area contributed by atoms with Crippen molar-refractivity contribution in [2.45, 2.75) is 0 Å². The predicted molar refractivity (Wildman–Crippen MR) is 223 cm³/mol. The van der Waals surface area contributed by atoms with Crippen LogP contribution in [-0.2, 0) is 0 Å². The van der Waals surface area contributed by atoms with Gasteiger partial charge in [0.1, 0.15) is 22.3 Å². The first-order valence-corrected chi connectivity index (χ1v) is 18.6. The zero-order valence-electron chi connectivity index (χ0n) is 28.4. The Morgan fingerprint density at radius 2 is 0.868 bits per heavy atom. The summed E-state index contributed by atoms with van der Waals surface area (Å²) in [6.45, 7) is 0. The Bertz CT molecular complexity index is 3100. The van der Waals surface area contributed by atoms with Gasteiger partial charge in [-0.3, -0.25) is 0 Å². The minimum absolute atomic E-state index is 0.857. The molecule has 0 saturated heterocycles. The monoisotopic (exact) mass is 698 g/mol. The van der Waals surface area contributed by atoms with Crippen LogP contribution >= 0.6 is 11.3 Å². The molecule has 0 aliphatic carbocycles. The molecule has 0 spiro atoms. The lowest BCUT2D eigenvalue weighted by atomic mass is 10.1. The summed E-state index contributed by atoms with van der Waals surface area (Å²) in [5, 5.41) is 6.84. The lowest BCUT2D eigenvalue weighted by Crippen LogP contribution is -2.10. The average Bonchev–Trinajstić information content (AvgIpc) is 3.91. The lowest BCUT2D eigenvalue weighted by molar-refractivity contribution is 0.668. The highest BCUT2D eigenvalue weighted by atomic mass is 32.1. The van der Waals surface area contributed by atoms with Gasteiger partial charge < -0.3 is 18.6 Å². The summed E-state index contributed by atoms with van der Waals surface area (Å²) >= 11 is 1.83. The largest absolute Gasteiger partial charge is 0.456 e. The molecule has 8 aromatic carbocycles. The van der Waals surface area contributed by atoms with Crippen molar-refractivity contribution in [3.05, 3.63) is 182 Å². The second kappa shape index (κ2) is 11.9. The number of anilines is 6. The molecule has 5 heteroatoms. The highest BCUT2D eigenvalue weighted by Crippen LogP contribution is 2.50. The van der Waals surface area contributed by atoms with Gasteiger partial charge in [-0.1, -0.05) is 91.0 Å². The zero-order chi connectivity index (χ0) is 34.9. The van der Waals surface area contributed by atoms with Gasteiger partial charge in [0.25, 0.3) is 0 Å². The smallest absolute Gasteiger partial charge is 0.137 e. The normalized spacial score (nSPS) is 11.8. The van der Waals surface area contributed by atoms with E-state index in [1.54, 1.807) is 0 Å². The number of nitrogens with zero attached hydrogens (tertiary/aromatic N) is 2. The van der Waals surface area contributed by atoms with E-state index in [-0.39, 0.29) is 0 Å². The molecule has 11 rings (SSSR count). The quantitative estimate of drug-likeness (QED) is 0.173. The van der Waals surface area contributed by atoms with Crippen molar-refractivity contribution < 1.29 is 8.83 Å². The molecule has 0 unspecified atom stereocenters. The number of fused-ring (bicyclic) bond motifs is 9. The molecule has 4 nitrogen and oxygen atoms in total. The van der Waals surface area contributed by atoms with Crippen LogP contribution in [0.4, 0.5) is 34.1 Å². The van der Waals surface area contributed by atoms with E-state index in [1.165, 1.54) is 20.2 Å². The molecule has 0 N–H and O–H groups in total. The minimum atomic E-state index is 0.857. The van der Waals surface area contributed by atoms with Crippen LogP contribution in [0.15, 0.2) is 191 Å². The molecular formula is C48H30N2O2S. The summed E-state index contributed by atoms with van der Waals surface area (Å²) in [6, 6.07) is 64.2. The maximum atomic E-state index is 6.45. The van der Waals surface area contributed by atoms with Crippen LogP contribution < -0.4 is 9.80 Å². The second-order valence-electron chi connectivity index (χ2n) is 13.3.